The molecule has 0 amide bonds. The highest BCUT2D eigenvalue weighted by Gasteiger charge is 2.46. The van der Waals surface area contributed by atoms with Gasteiger partial charge in [0.25, 0.3) is 10.1 Å². The molecule has 332 valence electrons. The highest BCUT2D eigenvalue weighted by Crippen LogP contribution is 2.24. The zero-order valence-electron chi connectivity index (χ0n) is 35.1. The molecule has 6 atom stereocenters. The van der Waals surface area contributed by atoms with Crippen LogP contribution in [0.2, 0.25) is 0 Å². The maximum atomic E-state index is 12.8. The van der Waals surface area contributed by atoms with Gasteiger partial charge in [0.1, 0.15) is 36.8 Å². The van der Waals surface area contributed by atoms with Gasteiger partial charge in [0, 0.05) is 12.8 Å². The molecule has 1 aliphatic rings. The van der Waals surface area contributed by atoms with E-state index in [0.717, 1.165) is 70.6 Å². The number of ether oxygens (including phenoxy) is 4. The van der Waals surface area contributed by atoms with Crippen LogP contribution in [0.25, 0.3) is 0 Å². The number of allylic oxidation sites excluding steroid dienone is 12. The van der Waals surface area contributed by atoms with Crippen molar-refractivity contribution in [3.8, 4) is 0 Å². The van der Waals surface area contributed by atoms with E-state index in [0.29, 0.717) is 19.3 Å². The molecule has 13 heteroatoms. The number of unbranched alkanes of at least 4 members (excludes halogenated alkanes) is 10. The average Bonchev–Trinajstić information content (AvgIpc) is 3.18. The van der Waals surface area contributed by atoms with Crippen LogP contribution in [0.4, 0.5) is 0 Å². The standard InChI is InChI=1S/C45H74O12S/c1-3-5-7-9-11-13-15-17-18-19-20-22-23-25-27-29-31-33-40(46)54-35-38(36-55-45-44(50)43(49)42(48)39(57-45)37-58(51,52)53)56-41(47)34-32-30-28-26-24-21-16-14-12-10-8-6-4-2/h5,7,11,13-14,16-18,20,22,25,27,38-39,42-45,48-50H,3-4,6,8-10,12,15,19,21,23-24,26,28-37H2,1-2H3,(H,51,52,53)/b7-5+,13-11+,16-14+,18-17+,22-20+,27-25+/t38-,39-,42-,43?,44?,45+/m1/s1. The smallest absolute Gasteiger partial charge is 0.306 e. The second kappa shape index (κ2) is 34.9. The first-order valence-electron chi connectivity index (χ1n) is 21.5. The second-order valence-corrected chi connectivity index (χ2v) is 16.1. The summed E-state index contributed by atoms with van der Waals surface area (Å²) >= 11 is 0. The predicted molar refractivity (Wildman–Crippen MR) is 228 cm³/mol. The molecule has 0 radical (unpaired) electrons. The third kappa shape index (κ3) is 29.3. The molecular formula is C45H74O12S. The summed E-state index contributed by atoms with van der Waals surface area (Å²) in [6, 6.07) is 0. The summed E-state index contributed by atoms with van der Waals surface area (Å²) in [5.41, 5.74) is 0. The molecule has 0 aromatic rings. The number of carbonyl (C=O) groups excluding carboxylic acids is 2. The maximum Gasteiger partial charge on any atom is 0.306 e. The molecule has 0 spiro atoms. The Morgan fingerprint density at radius 3 is 1.69 bits per heavy atom. The van der Waals surface area contributed by atoms with Crippen molar-refractivity contribution in [3.05, 3.63) is 72.9 Å². The van der Waals surface area contributed by atoms with Gasteiger partial charge in [-0.1, -0.05) is 125 Å². The van der Waals surface area contributed by atoms with Crippen molar-refractivity contribution < 1.29 is 56.8 Å². The molecule has 0 bridgehead atoms. The van der Waals surface area contributed by atoms with Crippen molar-refractivity contribution in [1.29, 1.82) is 0 Å². The number of carbonyl (C=O) groups is 2. The van der Waals surface area contributed by atoms with Gasteiger partial charge in [0.2, 0.25) is 0 Å². The van der Waals surface area contributed by atoms with E-state index in [1.54, 1.807) is 0 Å². The summed E-state index contributed by atoms with van der Waals surface area (Å²) < 4.78 is 53.9. The monoisotopic (exact) mass is 838 g/mol. The first-order valence-corrected chi connectivity index (χ1v) is 23.1. The Morgan fingerprint density at radius 1 is 0.603 bits per heavy atom. The van der Waals surface area contributed by atoms with Gasteiger partial charge in [-0.2, -0.15) is 8.42 Å². The molecule has 0 aromatic carbocycles. The molecule has 1 heterocycles. The Morgan fingerprint density at radius 2 is 1.10 bits per heavy atom. The molecule has 2 unspecified atom stereocenters. The van der Waals surface area contributed by atoms with Crippen LogP contribution in [0.5, 0.6) is 0 Å². The van der Waals surface area contributed by atoms with Crippen LogP contribution in [0.15, 0.2) is 72.9 Å². The van der Waals surface area contributed by atoms with Crippen LogP contribution in [-0.4, -0.2) is 96.0 Å². The van der Waals surface area contributed by atoms with E-state index in [1.165, 1.54) is 25.7 Å². The van der Waals surface area contributed by atoms with Crippen molar-refractivity contribution in [2.45, 2.75) is 179 Å². The SMILES string of the molecule is CC/C=C/C/C=C/C/C=C/C/C=C/C/C=C/CCCC(=O)OC[C@H](CO[C@H]1O[C@H](CS(=O)(=O)O)[C@@H](O)C(O)C1O)OC(=O)CCCCCCC/C=C/CCCCCC. The average molecular weight is 839 g/mol. The zero-order chi connectivity index (χ0) is 42.7. The first-order chi connectivity index (χ1) is 28.0. The van der Waals surface area contributed by atoms with Crippen molar-refractivity contribution in [1.82, 2.24) is 0 Å². The van der Waals surface area contributed by atoms with Gasteiger partial charge in [-0.25, -0.2) is 0 Å². The Hall–Kier alpha value is -2.91. The van der Waals surface area contributed by atoms with E-state index >= 15 is 0 Å². The molecule has 12 nitrogen and oxygen atoms in total. The van der Waals surface area contributed by atoms with E-state index in [2.05, 4.69) is 74.6 Å². The van der Waals surface area contributed by atoms with Gasteiger partial charge in [-0.05, 0) is 77.0 Å². The van der Waals surface area contributed by atoms with Gasteiger partial charge in [-0.3, -0.25) is 14.1 Å². The Kier molecular flexibility index (Phi) is 32.0. The van der Waals surface area contributed by atoms with E-state index in [1.807, 2.05) is 12.2 Å². The number of esters is 2. The van der Waals surface area contributed by atoms with Crippen molar-refractivity contribution in [3.63, 3.8) is 0 Å². The number of aliphatic hydroxyl groups is 3. The summed E-state index contributed by atoms with van der Waals surface area (Å²) in [7, 11) is -4.61. The lowest BCUT2D eigenvalue weighted by Crippen LogP contribution is -2.60. The Labute approximate surface area is 348 Å². The zero-order valence-corrected chi connectivity index (χ0v) is 35.9. The Balaban J connectivity index is 2.53. The predicted octanol–water partition coefficient (Wildman–Crippen LogP) is 8.33. The topological polar surface area (TPSA) is 186 Å². The van der Waals surface area contributed by atoms with Crippen molar-refractivity contribution in [2.75, 3.05) is 19.0 Å². The summed E-state index contributed by atoms with van der Waals surface area (Å²) in [5, 5.41) is 30.8. The fraction of sp³-hybridized carbons (Fsp3) is 0.689. The van der Waals surface area contributed by atoms with E-state index in [9.17, 15) is 37.9 Å². The van der Waals surface area contributed by atoms with E-state index in [-0.39, 0.29) is 19.4 Å². The van der Waals surface area contributed by atoms with Gasteiger partial charge in [0.05, 0.1) is 6.61 Å². The third-order valence-corrected chi connectivity index (χ3v) is 10.0. The molecule has 1 aliphatic heterocycles. The third-order valence-electron chi connectivity index (χ3n) is 9.27. The normalized spacial score (nSPS) is 21.1. The molecule has 0 saturated carbocycles. The number of rotatable bonds is 34. The fourth-order valence-electron chi connectivity index (χ4n) is 5.94. The lowest BCUT2D eigenvalue weighted by Gasteiger charge is -2.40. The number of aliphatic hydroxyl groups excluding tert-OH is 3. The molecule has 0 aromatic heterocycles. The largest absolute Gasteiger partial charge is 0.462 e. The number of hydrogen-bond donors (Lipinski definition) is 4. The molecule has 58 heavy (non-hydrogen) atoms. The van der Waals surface area contributed by atoms with Gasteiger partial charge < -0.3 is 34.3 Å². The molecule has 1 fully saturated rings. The lowest BCUT2D eigenvalue weighted by atomic mass is 10.00. The molecule has 1 rings (SSSR count). The summed E-state index contributed by atoms with van der Waals surface area (Å²) in [6.07, 6.45) is 33.8. The van der Waals surface area contributed by atoms with Gasteiger partial charge in [-0.15, -0.1) is 0 Å². The minimum absolute atomic E-state index is 0.135. The first kappa shape index (κ1) is 53.1. The molecule has 0 aliphatic carbocycles. The van der Waals surface area contributed by atoms with Crippen LogP contribution in [-0.2, 0) is 38.7 Å². The maximum absolute atomic E-state index is 12.8. The highest BCUT2D eigenvalue weighted by atomic mass is 32.2. The fourth-order valence-corrected chi connectivity index (χ4v) is 6.63. The minimum Gasteiger partial charge on any atom is -0.462 e. The quantitative estimate of drug-likeness (QED) is 0.0210. The second-order valence-electron chi connectivity index (χ2n) is 14.6. The molecule has 1 saturated heterocycles. The van der Waals surface area contributed by atoms with Crippen LogP contribution in [0, 0.1) is 0 Å². The van der Waals surface area contributed by atoms with E-state index in [4.69, 9.17) is 18.9 Å². The van der Waals surface area contributed by atoms with Crippen LogP contribution in [0.3, 0.4) is 0 Å². The van der Waals surface area contributed by atoms with Crippen molar-refractivity contribution in [2.24, 2.45) is 0 Å². The summed E-state index contributed by atoms with van der Waals surface area (Å²) in [5.74, 6) is -2.08. The number of hydrogen-bond acceptors (Lipinski definition) is 11. The van der Waals surface area contributed by atoms with Crippen LogP contribution < -0.4 is 0 Å². The lowest BCUT2D eigenvalue weighted by molar-refractivity contribution is -0.297. The van der Waals surface area contributed by atoms with Crippen molar-refractivity contribution >= 4 is 22.1 Å². The van der Waals surface area contributed by atoms with Gasteiger partial charge >= 0.3 is 11.9 Å². The van der Waals surface area contributed by atoms with E-state index < -0.39 is 71.2 Å². The molecular weight excluding hydrogens is 765 g/mol. The summed E-state index contributed by atoms with van der Waals surface area (Å²) in [4.78, 5) is 25.3. The summed E-state index contributed by atoms with van der Waals surface area (Å²) in [6.45, 7) is 3.55. The molecule has 4 N–H and O–H groups in total. The Bertz CT molecular complexity index is 1350. The minimum atomic E-state index is -4.61. The highest BCUT2D eigenvalue weighted by molar-refractivity contribution is 7.85. The van der Waals surface area contributed by atoms with Crippen LogP contribution >= 0.6 is 0 Å². The van der Waals surface area contributed by atoms with Gasteiger partial charge in [0.15, 0.2) is 12.4 Å². The van der Waals surface area contributed by atoms with Crippen LogP contribution in [0.1, 0.15) is 142 Å².